The third kappa shape index (κ3) is 5.66. The Morgan fingerprint density at radius 3 is 2.65 bits per heavy atom. The van der Waals surface area contributed by atoms with Crippen LogP contribution in [0.5, 0.6) is 0 Å². The SMILES string of the molecule is CCN1CCC(OC(=O)[C@H](C)NC(=O)OCc2ccccc2)C(F)(F)C1. The van der Waals surface area contributed by atoms with Gasteiger partial charge in [0.25, 0.3) is 5.92 Å². The van der Waals surface area contributed by atoms with Gasteiger partial charge in [-0.3, -0.25) is 4.90 Å². The quantitative estimate of drug-likeness (QED) is 0.780. The maximum Gasteiger partial charge on any atom is 0.408 e. The van der Waals surface area contributed by atoms with E-state index in [0.717, 1.165) is 5.56 Å². The lowest BCUT2D eigenvalue weighted by atomic mass is 10.0. The smallest absolute Gasteiger partial charge is 0.408 e. The first-order valence-corrected chi connectivity index (χ1v) is 8.59. The second-order valence-electron chi connectivity index (χ2n) is 6.27. The molecular formula is C18H24F2N2O4. The number of alkyl carbamates (subject to hydrolysis) is 1. The van der Waals surface area contributed by atoms with Crippen LogP contribution < -0.4 is 5.32 Å². The molecule has 0 saturated carbocycles. The topological polar surface area (TPSA) is 67.9 Å². The Labute approximate surface area is 151 Å². The molecule has 0 radical (unpaired) electrons. The molecule has 0 bridgehead atoms. The van der Waals surface area contributed by atoms with E-state index in [9.17, 15) is 18.4 Å². The number of esters is 1. The molecule has 0 aliphatic carbocycles. The Bertz CT molecular complexity index is 612. The highest BCUT2D eigenvalue weighted by molar-refractivity contribution is 5.81. The van der Waals surface area contributed by atoms with Crippen molar-refractivity contribution >= 4 is 12.1 Å². The van der Waals surface area contributed by atoms with Crippen molar-refractivity contribution in [3.8, 4) is 0 Å². The highest BCUT2D eigenvalue weighted by Gasteiger charge is 2.47. The molecule has 1 aliphatic rings. The van der Waals surface area contributed by atoms with Crippen LogP contribution in [0.3, 0.4) is 0 Å². The molecule has 1 N–H and O–H groups in total. The maximum absolute atomic E-state index is 14.1. The molecule has 6 nitrogen and oxygen atoms in total. The fourth-order valence-electron chi connectivity index (χ4n) is 2.65. The zero-order valence-electron chi connectivity index (χ0n) is 14.9. The first-order chi connectivity index (χ1) is 12.3. The van der Waals surface area contributed by atoms with Gasteiger partial charge in [0, 0.05) is 13.0 Å². The van der Waals surface area contributed by atoms with Crippen LogP contribution in [-0.2, 0) is 20.9 Å². The predicted molar refractivity (Wildman–Crippen MR) is 90.8 cm³/mol. The van der Waals surface area contributed by atoms with Crippen molar-refractivity contribution in [2.75, 3.05) is 19.6 Å². The van der Waals surface area contributed by atoms with Crippen molar-refractivity contribution in [3.05, 3.63) is 35.9 Å². The Hall–Kier alpha value is -2.22. The highest BCUT2D eigenvalue weighted by Crippen LogP contribution is 2.29. The van der Waals surface area contributed by atoms with Crippen LogP contribution >= 0.6 is 0 Å². The van der Waals surface area contributed by atoms with Crippen LogP contribution in [0.2, 0.25) is 0 Å². The molecule has 2 atom stereocenters. The number of hydrogen-bond acceptors (Lipinski definition) is 5. The zero-order valence-corrected chi connectivity index (χ0v) is 14.9. The minimum absolute atomic E-state index is 0.0436. The average Bonchev–Trinajstić information content (AvgIpc) is 2.62. The summed E-state index contributed by atoms with van der Waals surface area (Å²) in [6.45, 7) is 3.72. The van der Waals surface area contributed by atoms with E-state index >= 15 is 0 Å². The van der Waals surface area contributed by atoms with Crippen molar-refractivity contribution in [2.24, 2.45) is 0 Å². The molecule has 1 aliphatic heterocycles. The average molecular weight is 370 g/mol. The van der Waals surface area contributed by atoms with Crippen LogP contribution in [0.1, 0.15) is 25.8 Å². The molecule has 1 saturated heterocycles. The molecule has 1 aromatic carbocycles. The monoisotopic (exact) mass is 370 g/mol. The third-order valence-corrected chi connectivity index (χ3v) is 4.22. The van der Waals surface area contributed by atoms with Gasteiger partial charge in [-0.05, 0) is 19.0 Å². The fourth-order valence-corrected chi connectivity index (χ4v) is 2.65. The van der Waals surface area contributed by atoms with Crippen LogP contribution in [0.25, 0.3) is 0 Å². The Morgan fingerprint density at radius 2 is 2.04 bits per heavy atom. The molecule has 1 amide bonds. The molecular weight excluding hydrogens is 346 g/mol. The number of carbonyl (C=O) groups is 2. The van der Waals surface area contributed by atoms with Crippen LogP contribution in [0, 0.1) is 0 Å². The lowest BCUT2D eigenvalue weighted by molar-refractivity contribution is -0.190. The summed E-state index contributed by atoms with van der Waals surface area (Å²) in [6.07, 6.45) is -2.24. The second-order valence-corrected chi connectivity index (χ2v) is 6.27. The number of carbonyl (C=O) groups excluding carboxylic acids is 2. The van der Waals surface area contributed by atoms with E-state index in [2.05, 4.69) is 5.32 Å². The fraction of sp³-hybridized carbons (Fsp3) is 0.556. The lowest BCUT2D eigenvalue weighted by Crippen LogP contribution is -2.54. The van der Waals surface area contributed by atoms with E-state index in [-0.39, 0.29) is 13.0 Å². The van der Waals surface area contributed by atoms with E-state index in [4.69, 9.17) is 9.47 Å². The minimum Gasteiger partial charge on any atom is -0.454 e. The van der Waals surface area contributed by atoms with Crippen LogP contribution in [-0.4, -0.2) is 54.7 Å². The van der Waals surface area contributed by atoms with E-state index in [0.29, 0.717) is 13.1 Å². The van der Waals surface area contributed by atoms with Gasteiger partial charge in [0.2, 0.25) is 0 Å². The van der Waals surface area contributed by atoms with E-state index in [1.165, 1.54) is 6.92 Å². The Kier molecular flexibility index (Phi) is 6.90. The molecule has 8 heteroatoms. The van der Waals surface area contributed by atoms with Crippen molar-refractivity contribution in [2.45, 2.75) is 44.9 Å². The number of rotatable bonds is 6. The molecule has 26 heavy (non-hydrogen) atoms. The van der Waals surface area contributed by atoms with Gasteiger partial charge >= 0.3 is 12.1 Å². The molecule has 144 valence electrons. The summed E-state index contributed by atoms with van der Waals surface area (Å²) in [7, 11) is 0. The number of hydrogen-bond donors (Lipinski definition) is 1. The molecule has 1 unspecified atom stereocenters. The Balaban J connectivity index is 1.79. The first kappa shape index (κ1) is 20.1. The number of alkyl halides is 2. The summed E-state index contributed by atoms with van der Waals surface area (Å²) < 4.78 is 38.1. The largest absolute Gasteiger partial charge is 0.454 e. The van der Waals surface area contributed by atoms with Gasteiger partial charge in [0.05, 0.1) is 6.54 Å². The van der Waals surface area contributed by atoms with Crippen LogP contribution in [0.15, 0.2) is 30.3 Å². The number of nitrogens with zero attached hydrogens (tertiary/aromatic N) is 1. The van der Waals surface area contributed by atoms with Crippen molar-refractivity contribution in [1.29, 1.82) is 0 Å². The van der Waals surface area contributed by atoms with Gasteiger partial charge in [-0.2, -0.15) is 0 Å². The first-order valence-electron chi connectivity index (χ1n) is 8.59. The summed E-state index contributed by atoms with van der Waals surface area (Å²) in [5.41, 5.74) is 0.792. The lowest BCUT2D eigenvalue weighted by Gasteiger charge is -2.37. The summed E-state index contributed by atoms with van der Waals surface area (Å²) in [5, 5.41) is 2.30. The third-order valence-electron chi connectivity index (χ3n) is 4.22. The van der Waals surface area contributed by atoms with Gasteiger partial charge < -0.3 is 14.8 Å². The van der Waals surface area contributed by atoms with Gasteiger partial charge in [-0.15, -0.1) is 0 Å². The van der Waals surface area contributed by atoms with Crippen molar-refractivity contribution < 1.29 is 27.8 Å². The summed E-state index contributed by atoms with van der Waals surface area (Å²) in [4.78, 5) is 25.4. The number of amides is 1. The molecule has 0 spiro atoms. The molecule has 1 heterocycles. The van der Waals surface area contributed by atoms with Gasteiger partial charge in [-0.1, -0.05) is 37.3 Å². The summed E-state index contributed by atoms with van der Waals surface area (Å²) in [5.74, 6) is -4.02. The number of nitrogens with one attached hydrogen (secondary N) is 1. The van der Waals surface area contributed by atoms with Gasteiger partial charge in [0.1, 0.15) is 12.6 Å². The predicted octanol–water partition coefficient (Wildman–Crippen LogP) is 2.57. The number of piperidine rings is 1. The summed E-state index contributed by atoms with van der Waals surface area (Å²) >= 11 is 0. The number of ether oxygens (including phenoxy) is 2. The second kappa shape index (κ2) is 8.93. The summed E-state index contributed by atoms with van der Waals surface area (Å²) in [6, 6.07) is 7.94. The van der Waals surface area contributed by atoms with E-state index in [1.54, 1.807) is 36.1 Å². The van der Waals surface area contributed by atoms with E-state index < -0.39 is 36.7 Å². The maximum atomic E-state index is 14.1. The van der Waals surface area contributed by atoms with E-state index in [1.807, 2.05) is 6.07 Å². The number of halogens is 2. The Morgan fingerprint density at radius 1 is 1.35 bits per heavy atom. The number of benzene rings is 1. The zero-order chi connectivity index (χ0) is 19.2. The molecule has 1 aromatic rings. The highest BCUT2D eigenvalue weighted by atomic mass is 19.3. The molecule has 0 aromatic heterocycles. The normalized spacial score (nSPS) is 20.8. The molecule has 1 fully saturated rings. The van der Waals surface area contributed by atoms with Gasteiger partial charge in [-0.25, -0.2) is 18.4 Å². The van der Waals surface area contributed by atoms with Crippen LogP contribution in [0.4, 0.5) is 13.6 Å². The van der Waals surface area contributed by atoms with Crippen molar-refractivity contribution in [3.63, 3.8) is 0 Å². The van der Waals surface area contributed by atoms with Crippen molar-refractivity contribution in [1.82, 2.24) is 10.2 Å². The van der Waals surface area contributed by atoms with Gasteiger partial charge in [0.15, 0.2) is 6.10 Å². The number of likely N-dealkylation sites (tertiary alicyclic amines) is 1. The minimum atomic E-state index is -3.11. The molecule has 2 rings (SSSR count). The standard InChI is InChI=1S/C18H24F2N2O4/c1-3-22-10-9-15(18(19,20)12-22)26-16(23)13(2)21-17(24)25-11-14-7-5-4-6-8-14/h4-8,13,15H,3,9-12H2,1-2H3,(H,21,24)/t13-,15?/m0/s1.